The van der Waals surface area contributed by atoms with Crippen LogP contribution in [-0.4, -0.2) is 18.0 Å². The van der Waals surface area contributed by atoms with E-state index in [1.165, 1.54) is 30.6 Å². The Morgan fingerprint density at radius 3 is 2.93 bits per heavy atom. The van der Waals surface area contributed by atoms with Gasteiger partial charge in [-0.2, -0.15) is 0 Å². The molecule has 0 radical (unpaired) electrons. The van der Waals surface area contributed by atoms with Crippen LogP contribution in [0, 0.1) is 0 Å². The van der Waals surface area contributed by atoms with Crippen molar-refractivity contribution in [1.29, 1.82) is 0 Å². The Kier molecular flexibility index (Phi) is 2.13. The van der Waals surface area contributed by atoms with E-state index in [1.807, 2.05) is 0 Å². The first-order valence-electron chi connectivity index (χ1n) is 5.68. The molecule has 2 nitrogen and oxygen atoms in total. The molecule has 2 aliphatic heterocycles. The Hall–Kier alpha value is -1.44. The van der Waals surface area contributed by atoms with Crippen LogP contribution in [-0.2, 0) is 0 Å². The molecule has 0 bridgehead atoms. The highest BCUT2D eigenvalue weighted by molar-refractivity contribution is 5.23. The summed E-state index contributed by atoms with van der Waals surface area (Å²) in [5.41, 5.74) is 2.88. The lowest BCUT2D eigenvalue weighted by molar-refractivity contribution is 0.322. The van der Waals surface area contributed by atoms with Crippen molar-refractivity contribution in [2.45, 2.75) is 18.9 Å². The smallest absolute Gasteiger partial charge is 0.0684 e. The van der Waals surface area contributed by atoms with E-state index >= 15 is 0 Å². The fourth-order valence-electron chi connectivity index (χ4n) is 2.48. The number of nitrogens with one attached hydrogen (secondary N) is 1. The molecule has 1 aromatic carbocycles. The molecule has 0 aromatic heterocycles. The van der Waals surface area contributed by atoms with Gasteiger partial charge in [-0.3, -0.25) is 0 Å². The fourth-order valence-corrected chi connectivity index (χ4v) is 2.48. The van der Waals surface area contributed by atoms with E-state index in [4.69, 9.17) is 0 Å². The van der Waals surface area contributed by atoms with Gasteiger partial charge in [0.05, 0.1) is 6.04 Å². The highest BCUT2D eigenvalue weighted by atomic mass is 15.2. The van der Waals surface area contributed by atoms with Crippen molar-refractivity contribution in [3.8, 4) is 0 Å². The third-order valence-corrected chi connectivity index (χ3v) is 3.32. The summed E-state index contributed by atoms with van der Waals surface area (Å²) in [7, 11) is 0. The molecule has 1 atom stereocenters. The van der Waals surface area contributed by atoms with Crippen LogP contribution >= 0.6 is 0 Å². The van der Waals surface area contributed by atoms with Crippen LogP contribution in [0.4, 0.5) is 0 Å². The first-order chi connectivity index (χ1) is 7.43. The minimum atomic E-state index is 0.466. The zero-order valence-corrected chi connectivity index (χ0v) is 8.82. The lowest BCUT2D eigenvalue weighted by Crippen LogP contribution is -2.35. The van der Waals surface area contributed by atoms with Crippen molar-refractivity contribution >= 4 is 0 Å². The number of nitrogens with zero attached hydrogens (tertiary/aromatic N) is 1. The van der Waals surface area contributed by atoms with Crippen molar-refractivity contribution in [1.82, 2.24) is 10.2 Å². The predicted molar refractivity (Wildman–Crippen MR) is 61.2 cm³/mol. The van der Waals surface area contributed by atoms with Gasteiger partial charge < -0.3 is 10.2 Å². The predicted octanol–water partition coefficient (Wildman–Crippen LogP) is 2.27. The number of rotatable bonds is 1. The molecule has 1 fully saturated rings. The van der Waals surface area contributed by atoms with Gasteiger partial charge in [0, 0.05) is 25.0 Å². The second-order valence-electron chi connectivity index (χ2n) is 4.32. The summed E-state index contributed by atoms with van der Waals surface area (Å²) < 4.78 is 0. The third kappa shape index (κ3) is 1.60. The fraction of sp³-hybridized carbons (Fsp3) is 0.385. The van der Waals surface area contributed by atoms with Crippen LogP contribution in [0.25, 0.3) is 0 Å². The molecule has 3 rings (SSSR count). The van der Waals surface area contributed by atoms with Gasteiger partial charge in [0.25, 0.3) is 0 Å². The maximum Gasteiger partial charge on any atom is 0.0684 e. The Labute approximate surface area is 90.6 Å². The first-order valence-corrected chi connectivity index (χ1v) is 5.68. The summed E-state index contributed by atoms with van der Waals surface area (Å²) in [4.78, 5) is 2.51. The summed E-state index contributed by atoms with van der Waals surface area (Å²) in [5.74, 6) is 0. The molecule has 1 N–H and O–H groups in total. The van der Waals surface area contributed by atoms with Crippen LogP contribution in [0.15, 0.2) is 42.2 Å². The molecule has 1 unspecified atom stereocenters. The summed E-state index contributed by atoms with van der Waals surface area (Å²) >= 11 is 0. The van der Waals surface area contributed by atoms with Crippen LogP contribution < -0.4 is 5.32 Å². The van der Waals surface area contributed by atoms with Gasteiger partial charge in [-0.15, -0.1) is 0 Å². The molecule has 15 heavy (non-hydrogen) atoms. The Balaban J connectivity index is 1.81. The molecule has 78 valence electrons. The Morgan fingerprint density at radius 1 is 1.20 bits per heavy atom. The molecule has 1 aromatic rings. The van der Waals surface area contributed by atoms with E-state index in [0.29, 0.717) is 6.04 Å². The summed E-state index contributed by atoms with van der Waals surface area (Å²) in [5, 5.41) is 3.50. The van der Waals surface area contributed by atoms with E-state index in [2.05, 4.69) is 46.7 Å². The molecular weight excluding hydrogens is 184 g/mol. The highest BCUT2D eigenvalue weighted by Crippen LogP contribution is 2.27. The number of hydrogen-bond acceptors (Lipinski definition) is 2. The molecule has 2 aliphatic rings. The standard InChI is InChI=1S/C13H16N2/c1-2-5-11(6-3-1)13-10-15-8-4-7-12(15)9-14-13/h1-3,5-6,9,13-14H,4,7-8,10H2. The van der Waals surface area contributed by atoms with Gasteiger partial charge >= 0.3 is 0 Å². The zero-order valence-electron chi connectivity index (χ0n) is 8.82. The second-order valence-corrected chi connectivity index (χ2v) is 4.32. The van der Waals surface area contributed by atoms with Crippen molar-refractivity contribution in [2.24, 2.45) is 0 Å². The molecule has 0 aliphatic carbocycles. The lowest BCUT2D eigenvalue weighted by Gasteiger charge is -2.31. The van der Waals surface area contributed by atoms with E-state index in [9.17, 15) is 0 Å². The van der Waals surface area contributed by atoms with Gasteiger partial charge in [0.2, 0.25) is 0 Å². The number of allylic oxidation sites excluding steroid dienone is 1. The second kappa shape index (κ2) is 3.61. The molecule has 1 saturated heterocycles. The van der Waals surface area contributed by atoms with Gasteiger partial charge in [0.1, 0.15) is 0 Å². The van der Waals surface area contributed by atoms with Gasteiger partial charge in [-0.1, -0.05) is 30.3 Å². The van der Waals surface area contributed by atoms with Gasteiger partial charge in [0.15, 0.2) is 0 Å². The quantitative estimate of drug-likeness (QED) is 0.748. The van der Waals surface area contributed by atoms with E-state index < -0.39 is 0 Å². The molecule has 2 heteroatoms. The molecule has 2 heterocycles. The van der Waals surface area contributed by atoms with Crippen molar-refractivity contribution < 1.29 is 0 Å². The maximum absolute atomic E-state index is 3.50. The molecule has 0 spiro atoms. The largest absolute Gasteiger partial charge is 0.381 e. The van der Waals surface area contributed by atoms with Crippen LogP contribution in [0.5, 0.6) is 0 Å². The van der Waals surface area contributed by atoms with Crippen LogP contribution in [0.3, 0.4) is 0 Å². The van der Waals surface area contributed by atoms with Gasteiger partial charge in [-0.05, 0) is 18.4 Å². The Morgan fingerprint density at radius 2 is 2.07 bits per heavy atom. The number of benzene rings is 1. The van der Waals surface area contributed by atoms with Crippen molar-refractivity contribution in [2.75, 3.05) is 13.1 Å². The number of hydrogen-bond donors (Lipinski definition) is 1. The van der Waals surface area contributed by atoms with Crippen LogP contribution in [0.2, 0.25) is 0 Å². The molecule has 0 amide bonds. The summed E-state index contributed by atoms with van der Waals surface area (Å²) in [6.07, 6.45) is 4.76. The summed E-state index contributed by atoms with van der Waals surface area (Å²) in [6, 6.07) is 11.2. The van der Waals surface area contributed by atoms with Crippen LogP contribution in [0.1, 0.15) is 24.4 Å². The first kappa shape index (κ1) is 8.84. The topological polar surface area (TPSA) is 15.3 Å². The van der Waals surface area contributed by atoms with Crippen molar-refractivity contribution in [3.63, 3.8) is 0 Å². The third-order valence-electron chi connectivity index (χ3n) is 3.32. The highest BCUT2D eigenvalue weighted by Gasteiger charge is 2.24. The minimum absolute atomic E-state index is 0.466. The minimum Gasteiger partial charge on any atom is -0.381 e. The zero-order chi connectivity index (χ0) is 10.1. The summed E-state index contributed by atoms with van der Waals surface area (Å²) in [6.45, 7) is 2.35. The maximum atomic E-state index is 3.50. The average molecular weight is 200 g/mol. The monoisotopic (exact) mass is 200 g/mol. The normalized spacial score (nSPS) is 24.4. The molecule has 0 saturated carbocycles. The lowest BCUT2D eigenvalue weighted by atomic mass is 10.1. The van der Waals surface area contributed by atoms with E-state index in [0.717, 1.165) is 6.54 Å². The van der Waals surface area contributed by atoms with Gasteiger partial charge in [-0.25, -0.2) is 0 Å². The Bertz CT molecular complexity index is 369. The van der Waals surface area contributed by atoms with Crippen molar-refractivity contribution in [3.05, 3.63) is 47.8 Å². The van der Waals surface area contributed by atoms with E-state index in [1.54, 1.807) is 0 Å². The van der Waals surface area contributed by atoms with E-state index in [-0.39, 0.29) is 0 Å². The molecular formula is C13H16N2. The SMILES string of the molecule is C1=C2CCCN2CC(c2ccccc2)N1. The number of fused-ring (bicyclic) bond motifs is 1. The average Bonchev–Trinajstić information content (AvgIpc) is 2.77.